The van der Waals surface area contributed by atoms with Gasteiger partial charge in [0.05, 0.1) is 0 Å². The lowest BCUT2D eigenvalue weighted by Gasteiger charge is -2.09. The van der Waals surface area contributed by atoms with Crippen molar-refractivity contribution in [3.63, 3.8) is 0 Å². The molecule has 0 aliphatic carbocycles. The third-order valence-corrected chi connectivity index (χ3v) is 3.56. The molecule has 0 aliphatic rings. The maximum Gasteiger partial charge on any atom is 0.119 e. The maximum atomic E-state index is 5.91. The Balaban J connectivity index is 1.74. The van der Waals surface area contributed by atoms with Crippen LogP contribution in [0.15, 0.2) is 53.4 Å². The summed E-state index contributed by atoms with van der Waals surface area (Å²) >= 11 is 7.63. The highest BCUT2D eigenvalue weighted by molar-refractivity contribution is 7.98. The van der Waals surface area contributed by atoms with E-state index in [1.54, 1.807) is 11.8 Å². The molecule has 2 aromatic rings. The van der Waals surface area contributed by atoms with Crippen LogP contribution in [0.3, 0.4) is 0 Å². The predicted octanol–water partition coefficient (Wildman–Crippen LogP) is 4.55. The zero-order valence-corrected chi connectivity index (χ0v) is 12.3. The normalized spacial score (nSPS) is 10.2. The molecule has 0 atom stereocenters. The van der Waals surface area contributed by atoms with Crippen LogP contribution in [-0.2, 0) is 0 Å². The molecule has 0 saturated carbocycles. The molecule has 0 heterocycles. The highest BCUT2D eigenvalue weighted by Crippen LogP contribution is 2.19. The quantitative estimate of drug-likeness (QED) is 0.623. The van der Waals surface area contributed by atoms with Crippen molar-refractivity contribution < 1.29 is 4.74 Å². The summed E-state index contributed by atoms with van der Waals surface area (Å²) in [5.41, 5.74) is 1.01. The first-order chi connectivity index (χ1) is 9.28. The van der Waals surface area contributed by atoms with Crippen LogP contribution >= 0.6 is 23.4 Å². The van der Waals surface area contributed by atoms with Gasteiger partial charge in [0, 0.05) is 22.2 Å². The van der Waals surface area contributed by atoms with E-state index in [2.05, 4.69) is 23.7 Å². The Bertz CT molecular complexity index is 516. The highest BCUT2D eigenvalue weighted by atomic mass is 35.5. The van der Waals surface area contributed by atoms with Crippen molar-refractivity contribution in [1.29, 1.82) is 0 Å². The van der Waals surface area contributed by atoms with Crippen molar-refractivity contribution >= 4 is 29.1 Å². The molecule has 0 amide bonds. The minimum absolute atomic E-state index is 0.616. The first-order valence-electron chi connectivity index (χ1n) is 6.04. The Morgan fingerprint density at radius 2 is 1.95 bits per heavy atom. The van der Waals surface area contributed by atoms with Gasteiger partial charge >= 0.3 is 0 Å². The molecule has 0 fully saturated rings. The van der Waals surface area contributed by atoms with E-state index in [-0.39, 0.29) is 0 Å². The summed E-state index contributed by atoms with van der Waals surface area (Å²) in [6.45, 7) is 1.36. The second-order valence-electron chi connectivity index (χ2n) is 3.96. The highest BCUT2D eigenvalue weighted by Gasteiger charge is 1.96. The van der Waals surface area contributed by atoms with E-state index in [0.717, 1.165) is 23.0 Å². The lowest BCUT2D eigenvalue weighted by atomic mass is 10.3. The molecule has 19 heavy (non-hydrogen) atoms. The second kappa shape index (κ2) is 7.31. The van der Waals surface area contributed by atoms with Gasteiger partial charge < -0.3 is 10.1 Å². The van der Waals surface area contributed by atoms with E-state index in [1.807, 2.05) is 36.4 Å². The van der Waals surface area contributed by atoms with Crippen LogP contribution in [0, 0.1) is 0 Å². The van der Waals surface area contributed by atoms with Gasteiger partial charge in [-0.1, -0.05) is 17.7 Å². The van der Waals surface area contributed by atoms with Gasteiger partial charge in [-0.15, -0.1) is 11.8 Å². The molecule has 2 aromatic carbocycles. The SMILES string of the molecule is CSc1ccc(OCCNc2cccc(Cl)c2)cc1. The van der Waals surface area contributed by atoms with Crippen molar-refractivity contribution in [3.8, 4) is 5.75 Å². The average molecular weight is 294 g/mol. The van der Waals surface area contributed by atoms with Gasteiger partial charge in [-0.25, -0.2) is 0 Å². The van der Waals surface area contributed by atoms with Gasteiger partial charge in [0.25, 0.3) is 0 Å². The number of thioether (sulfide) groups is 1. The Morgan fingerprint density at radius 1 is 1.16 bits per heavy atom. The van der Waals surface area contributed by atoms with E-state index in [4.69, 9.17) is 16.3 Å². The van der Waals surface area contributed by atoms with Crippen molar-refractivity contribution in [2.24, 2.45) is 0 Å². The van der Waals surface area contributed by atoms with Gasteiger partial charge in [0.1, 0.15) is 12.4 Å². The summed E-state index contributed by atoms with van der Waals surface area (Å²) in [5.74, 6) is 0.894. The van der Waals surface area contributed by atoms with E-state index < -0.39 is 0 Å². The fourth-order valence-corrected chi connectivity index (χ4v) is 2.23. The molecule has 0 aromatic heterocycles. The number of nitrogens with one attached hydrogen (secondary N) is 1. The molecule has 2 rings (SSSR count). The third kappa shape index (κ3) is 4.69. The smallest absolute Gasteiger partial charge is 0.119 e. The Labute approximate surface area is 123 Å². The number of hydrogen-bond acceptors (Lipinski definition) is 3. The molecular formula is C15H16ClNOS. The Kier molecular flexibility index (Phi) is 5.43. The largest absolute Gasteiger partial charge is 0.492 e. The molecule has 2 nitrogen and oxygen atoms in total. The molecule has 100 valence electrons. The molecule has 0 bridgehead atoms. The van der Waals surface area contributed by atoms with Gasteiger partial charge in [-0.05, 0) is 48.7 Å². The van der Waals surface area contributed by atoms with Crippen LogP contribution in [-0.4, -0.2) is 19.4 Å². The van der Waals surface area contributed by atoms with Crippen molar-refractivity contribution in [1.82, 2.24) is 0 Å². The Morgan fingerprint density at radius 3 is 2.63 bits per heavy atom. The first kappa shape index (κ1) is 14.1. The Hall–Kier alpha value is -1.32. The standard InChI is InChI=1S/C15H16ClNOS/c1-19-15-7-5-14(6-8-15)18-10-9-17-13-4-2-3-12(16)11-13/h2-8,11,17H,9-10H2,1H3. The van der Waals surface area contributed by atoms with E-state index in [9.17, 15) is 0 Å². The summed E-state index contributed by atoms with van der Waals surface area (Å²) in [6, 6.07) is 15.8. The fourth-order valence-electron chi connectivity index (χ4n) is 1.63. The molecule has 0 unspecified atom stereocenters. The van der Waals surface area contributed by atoms with Crippen molar-refractivity contribution in [2.45, 2.75) is 4.90 Å². The van der Waals surface area contributed by atoms with Crippen LogP contribution in [0.1, 0.15) is 0 Å². The average Bonchev–Trinajstić information content (AvgIpc) is 2.44. The monoisotopic (exact) mass is 293 g/mol. The zero-order chi connectivity index (χ0) is 13.5. The van der Waals surface area contributed by atoms with Gasteiger partial charge in [-0.3, -0.25) is 0 Å². The van der Waals surface area contributed by atoms with E-state index >= 15 is 0 Å². The predicted molar refractivity (Wildman–Crippen MR) is 83.7 cm³/mol. The molecule has 0 aliphatic heterocycles. The van der Waals surface area contributed by atoms with Gasteiger partial charge in [0.2, 0.25) is 0 Å². The minimum Gasteiger partial charge on any atom is -0.492 e. The van der Waals surface area contributed by atoms with Crippen molar-refractivity contribution in [2.75, 3.05) is 24.7 Å². The molecule has 0 radical (unpaired) electrons. The lowest BCUT2D eigenvalue weighted by Crippen LogP contribution is -2.11. The van der Waals surface area contributed by atoms with Crippen LogP contribution in [0.25, 0.3) is 0 Å². The minimum atomic E-state index is 0.616. The number of halogens is 1. The number of ether oxygens (including phenoxy) is 1. The summed E-state index contributed by atoms with van der Waals surface area (Å²) < 4.78 is 5.65. The molecule has 1 N–H and O–H groups in total. The van der Waals surface area contributed by atoms with E-state index in [0.29, 0.717) is 6.61 Å². The van der Waals surface area contributed by atoms with Crippen LogP contribution in [0.5, 0.6) is 5.75 Å². The van der Waals surface area contributed by atoms with Crippen molar-refractivity contribution in [3.05, 3.63) is 53.6 Å². The summed E-state index contributed by atoms with van der Waals surface area (Å²) in [7, 11) is 0. The molecule has 0 saturated heterocycles. The fraction of sp³-hybridized carbons (Fsp3) is 0.200. The molecular weight excluding hydrogens is 278 g/mol. The number of rotatable bonds is 6. The number of hydrogen-bond donors (Lipinski definition) is 1. The number of benzene rings is 2. The maximum absolute atomic E-state index is 5.91. The summed E-state index contributed by atoms with van der Waals surface area (Å²) in [5, 5.41) is 4.00. The van der Waals surface area contributed by atoms with Gasteiger partial charge in [-0.2, -0.15) is 0 Å². The van der Waals surface area contributed by atoms with Gasteiger partial charge in [0.15, 0.2) is 0 Å². The number of anilines is 1. The van der Waals surface area contributed by atoms with Crippen LogP contribution < -0.4 is 10.1 Å². The van der Waals surface area contributed by atoms with Crippen LogP contribution in [0.4, 0.5) is 5.69 Å². The summed E-state index contributed by atoms with van der Waals surface area (Å²) in [4.78, 5) is 1.24. The lowest BCUT2D eigenvalue weighted by molar-refractivity contribution is 0.332. The van der Waals surface area contributed by atoms with Crippen LogP contribution in [0.2, 0.25) is 5.02 Å². The molecule has 0 spiro atoms. The second-order valence-corrected chi connectivity index (χ2v) is 5.28. The zero-order valence-electron chi connectivity index (χ0n) is 10.7. The summed E-state index contributed by atoms with van der Waals surface area (Å²) in [6.07, 6.45) is 2.06. The third-order valence-electron chi connectivity index (χ3n) is 2.58. The molecule has 4 heteroatoms. The topological polar surface area (TPSA) is 21.3 Å². The first-order valence-corrected chi connectivity index (χ1v) is 7.64. The van der Waals surface area contributed by atoms with E-state index in [1.165, 1.54) is 4.90 Å².